The van der Waals surface area contributed by atoms with Gasteiger partial charge in [-0.3, -0.25) is 4.79 Å². The van der Waals surface area contributed by atoms with E-state index < -0.39 is 0 Å². The molecular weight excluding hydrogens is 432 g/mol. The monoisotopic (exact) mass is 454 g/mol. The molecule has 7 heteroatoms. The highest BCUT2D eigenvalue weighted by molar-refractivity contribution is 9.10. The first-order valence-corrected chi connectivity index (χ1v) is 10.6. The molecule has 0 N–H and O–H groups in total. The first-order chi connectivity index (χ1) is 14.1. The number of hydrogen-bond acceptors (Lipinski definition) is 5. The molecule has 1 aromatic heterocycles. The number of ether oxygens (including phenoxy) is 1. The molecule has 2 aromatic carbocycles. The largest absolute Gasteiger partial charge is 0.496 e. The topological polar surface area (TPSA) is 59.7 Å². The van der Waals surface area contributed by atoms with E-state index in [0.29, 0.717) is 23.1 Å². The summed E-state index contributed by atoms with van der Waals surface area (Å²) in [6.07, 6.45) is 4.71. The van der Waals surface area contributed by atoms with E-state index in [1.807, 2.05) is 31.2 Å². The van der Waals surface area contributed by atoms with Crippen molar-refractivity contribution in [1.29, 1.82) is 0 Å². The highest BCUT2D eigenvalue weighted by Crippen LogP contribution is 2.27. The number of aryl methyl sites for hydroxylation is 1. The summed E-state index contributed by atoms with van der Waals surface area (Å²) in [5, 5.41) is 5.00. The minimum absolute atomic E-state index is 0.183. The second kappa shape index (κ2) is 8.37. The van der Waals surface area contributed by atoms with Gasteiger partial charge in [-0.15, -0.1) is 0 Å². The zero-order valence-electron chi connectivity index (χ0n) is 16.6. The van der Waals surface area contributed by atoms with E-state index in [4.69, 9.17) is 4.74 Å². The Labute approximate surface area is 178 Å². The smallest absolute Gasteiger partial charge is 0.282 e. The summed E-state index contributed by atoms with van der Waals surface area (Å²) in [6.45, 7) is 4.11. The zero-order valence-corrected chi connectivity index (χ0v) is 18.1. The summed E-state index contributed by atoms with van der Waals surface area (Å²) < 4.78 is 7.79. The molecule has 0 saturated carbocycles. The molecule has 6 nitrogen and oxygen atoms in total. The fraction of sp³-hybridized carbons (Fsp3) is 0.318. The van der Waals surface area contributed by atoms with Crippen molar-refractivity contribution in [3.8, 4) is 5.75 Å². The van der Waals surface area contributed by atoms with Gasteiger partial charge in [0.15, 0.2) is 0 Å². The Morgan fingerprint density at radius 3 is 2.72 bits per heavy atom. The third-order valence-corrected chi connectivity index (χ3v) is 5.69. The van der Waals surface area contributed by atoms with Crippen LogP contribution in [0.1, 0.15) is 31.2 Å². The van der Waals surface area contributed by atoms with Gasteiger partial charge in [-0.2, -0.15) is 9.78 Å². The Morgan fingerprint density at radius 1 is 1.21 bits per heavy atom. The Kier molecular flexibility index (Phi) is 5.67. The van der Waals surface area contributed by atoms with Crippen LogP contribution in [0.4, 0.5) is 5.69 Å². The minimum atomic E-state index is -0.183. The van der Waals surface area contributed by atoms with Crippen LogP contribution < -0.4 is 15.2 Å². The van der Waals surface area contributed by atoms with Crippen LogP contribution in [0, 0.1) is 0 Å². The number of methoxy groups -OCH3 is 1. The predicted octanol–water partition coefficient (Wildman–Crippen LogP) is 4.21. The number of halogens is 1. The van der Waals surface area contributed by atoms with Crippen molar-refractivity contribution < 1.29 is 4.74 Å². The van der Waals surface area contributed by atoms with Crippen molar-refractivity contribution in [2.45, 2.75) is 26.2 Å². The van der Waals surface area contributed by atoms with Crippen LogP contribution in [0.5, 0.6) is 5.75 Å². The number of nitrogens with zero attached hydrogens (tertiary/aromatic N) is 4. The third kappa shape index (κ3) is 3.92. The van der Waals surface area contributed by atoms with Crippen LogP contribution in [0.2, 0.25) is 0 Å². The molecule has 29 heavy (non-hydrogen) atoms. The normalized spacial score (nSPS) is 14.2. The predicted molar refractivity (Wildman–Crippen MR) is 121 cm³/mol. The van der Waals surface area contributed by atoms with Gasteiger partial charge in [0, 0.05) is 41.3 Å². The van der Waals surface area contributed by atoms with Crippen molar-refractivity contribution in [2.24, 2.45) is 5.10 Å². The van der Waals surface area contributed by atoms with Gasteiger partial charge < -0.3 is 9.64 Å². The van der Waals surface area contributed by atoms with Crippen molar-refractivity contribution in [1.82, 2.24) is 9.66 Å². The fourth-order valence-corrected chi connectivity index (χ4v) is 4.00. The van der Waals surface area contributed by atoms with Crippen LogP contribution in [0.15, 0.2) is 50.8 Å². The number of benzene rings is 2. The van der Waals surface area contributed by atoms with Gasteiger partial charge in [0.2, 0.25) is 0 Å². The first kappa shape index (κ1) is 19.6. The van der Waals surface area contributed by atoms with E-state index in [-0.39, 0.29) is 5.56 Å². The second-order valence-corrected chi connectivity index (χ2v) is 7.94. The molecule has 1 fully saturated rings. The Balaban J connectivity index is 1.74. The van der Waals surface area contributed by atoms with Gasteiger partial charge in [0.1, 0.15) is 11.6 Å². The second-order valence-electron chi connectivity index (χ2n) is 7.02. The molecule has 2 heterocycles. The number of aromatic nitrogens is 2. The van der Waals surface area contributed by atoms with E-state index in [1.165, 1.54) is 17.5 Å². The molecule has 3 aromatic rings. The lowest BCUT2D eigenvalue weighted by Gasteiger charge is -2.19. The van der Waals surface area contributed by atoms with Gasteiger partial charge in [-0.25, -0.2) is 4.98 Å². The van der Waals surface area contributed by atoms with Crippen LogP contribution in [0.3, 0.4) is 0 Å². The summed E-state index contributed by atoms with van der Waals surface area (Å²) in [4.78, 5) is 20.0. The fourth-order valence-electron chi connectivity index (χ4n) is 3.64. The van der Waals surface area contributed by atoms with E-state index in [9.17, 15) is 4.79 Å². The maximum atomic E-state index is 13.0. The summed E-state index contributed by atoms with van der Waals surface area (Å²) in [7, 11) is 1.65. The van der Waals surface area contributed by atoms with Gasteiger partial charge in [0.25, 0.3) is 5.56 Å². The van der Waals surface area contributed by atoms with Gasteiger partial charge in [-0.1, -0.05) is 22.9 Å². The van der Waals surface area contributed by atoms with Gasteiger partial charge in [0.05, 0.1) is 24.2 Å². The van der Waals surface area contributed by atoms with Crippen LogP contribution in [-0.4, -0.2) is 36.1 Å². The average molecular weight is 455 g/mol. The lowest BCUT2D eigenvalue weighted by atomic mass is 10.2. The van der Waals surface area contributed by atoms with Crippen LogP contribution in [-0.2, 0) is 6.42 Å². The van der Waals surface area contributed by atoms with Crippen LogP contribution >= 0.6 is 15.9 Å². The summed E-state index contributed by atoms with van der Waals surface area (Å²) in [5.74, 6) is 1.36. The molecule has 1 aliphatic rings. The van der Waals surface area contributed by atoms with Crippen LogP contribution in [0.25, 0.3) is 10.9 Å². The number of anilines is 1. The Hall–Kier alpha value is -2.67. The quantitative estimate of drug-likeness (QED) is 0.541. The maximum Gasteiger partial charge on any atom is 0.282 e. The van der Waals surface area contributed by atoms with E-state index in [0.717, 1.165) is 34.6 Å². The van der Waals surface area contributed by atoms with E-state index >= 15 is 0 Å². The molecule has 0 amide bonds. The average Bonchev–Trinajstić information content (AvgIpc) is 3.28. The summed E-state index contributed by atoms with van der Waals surface area (Å²) in [5.41, 5.74) is 2.46. The molecule has 0 atom stereocenters. The Bertz CT molecular complexity index is 1130. The molecule has 0 radical (unpaired) electrons. The van der Waals surface area contributed by atoms with Crippen molar-refractivity contribution >= 4 is 38.7 Å². The Morgan fingerprint density at radius 2 is 2.00 bits per heavy atom. The molecule has 0 aliphatic carbocycles. The van der Waals surface area contributed by atoms with Crippen molar-refractivity contribution in [2.75, 3.05) is 25.1 Å². The molecule has 4 rings (SSSR count). The van der Waals surface area contributed by atoms with Crippen molar-refractivity contribution in [3.05, 3.63) is 62.6 Å². The molecule has 150 valence electrons. The lowest BCUT2D eigenvalue weighted by molar-refractivity contribution is 0.414. The first-order valence-electron chi connectivity index (χ1n) is 9.79. The highest BCUT2D eigenvalue weighted by atomic mass is 79.9. The maximum absolute atomic E-state index is 13.0. The standard InChI is InChI=1S/C22H23BrN4O2/c1-3-21-25-19-9-7-16(23)12-18(19)22(28)27(21)24-14-15-6-8-17(13-20(15)29-2)26-10-4-5-11-26/h6-9,12-14H,3-5,10-11H2,1-2H3. The van der Waals surface area contributed by atoms with E-state index in [2.05, 4.69) is 37.0 Å². The van der Waals surface area contributed by atoms with E-state index in [1.54, 1.807) is 19.4 Å². The summed E-state index contributed by atoms with van der Waals surface area (Å²) >= 11 is 3.42. The molecule has 0 bridgehead atoms. The number of fused-ring (bicyclic) bond motifs is 1. The summed E-state index contributed by atoms with van der Waals surface area (Å²) in [6, 6.07) is 11.6. The molecule has 0 spiro atoms. The molecule has 1 aliphatic heterocycles. The third-order valence-electron chi connectivity index (χ3n) is 5.19. The molecular formula is C22H23BrN4O2. The molecule has 0 unspecified atom stereocenters. The number of rotatable bonds is 5. The SMILES string of the molecule is CCc1nc2ccc(Br)cc2c(=O)n1N=Cc1ccc(N2CCCC2)cc1OC. The van der Waals surface area contributed by atoms with Gasteiger partial charge in [-0.05, 0) is 43.2 Å². The molecule has 1 saturated heterocycles. The van der Waals surface area contributed by atoms with Gasteiger partial charge >= 0.3 is 0 Å². The highest BCUT2D eigenvalue weighted by Gasteiger charge is 2.14. The lowest BCUT2D eigenvalue weighted by Crippen LogP contribution is -2.22. The van der Waals surface area contributed by atoms with Crippen molar-refractivity contribution in [3.63, 3.8) is 0 Å². The number of hydrogen-bond donors (Lipinski definition) is 0. The minimum Gasteiger partial charge on any atom is -0.496 e. The zero-order chi connectivity index (χ0) is 20.4.